The molecule has 0 spiro atoms. The molecule has 0 aliphatic rings. The molecular formula is C102H51N12O10P. The van der Waals surface area contributed by atoms with Crippen molar-refractivity contribution >= 4 is 7.82 Å². The smallest absolute Gasteiger partial charge is 0.457 e. The van der Waals surface area contributed by atoms with Crippen molar-refractivity contribution in [2.45, 2.75) is 0 Å². The molecule has 0 saturated carbocycles. The molecule has 0 unspecified atom stereocenters. The summed E-state index contributed by atoms with van der Waals surface area (Å²) in [6.07, 6.45) is 0. The van der Waals surface area contributed by atoms with Crippen LogP contribution in [0, 0.1) is 136 Å². The lowest BCUT2D eigenvalue weighted by molar-refractivity contribution is 0.299. The van der Waals surface area contributed by atoms with Gasteiger partial charge < -0.3 is 42.0 Å². The molecule has 23 heteroatoms. The van der Waals surface area contributed by atoms with Crippen LogP contribution in [0.25, 0.3) is 66.8 Å². The van der Waals surface area contributed by atoms with Gasteiger partial charge in [-0.3, -0.25) is 0 Å². The van der Waals surface area contributed by atoms with Crippen molar-refractivity contribution in [3.63, 3.8) is 0 Å². The predicted octanol–water partition coefficient (Wildman–Crippen LogP) is 24.5. The molecule has 0 bridgehead atoms. The number of ether oxygens (including phenoxy) is 6. The van der Waals surface area contributed by atoms with Crippen molar-refractivity contribution in [3.8, 4) is 226 Å². The fraction of sp³-hybridized carbons (Fsp3) is 0. The minimum Gasteiger partial charge on any atom is -0.457 e. The van der Waals surface area contributed by atoms with E-state index in [4.69, 9.17) is 42.0 Å². The maximum absolute atomic E-state index is 17.7. The van der Waals surface area contributed by atoms with E-state index in [9.17, 15) is 63.1 Å². The van der Waals surface area contributed by atoms with E-state index in [0.717, 1.165) is 0 Å². The second kappa shape index (κ2) is 36.4. The SMILES string of the molecule is N#Cc1ccc(Oc2cccc(-c3ccc(OP(=O)(Oc4ccc(-c5cccc(Oc6ccc(C#N)c(C#N)c6)c5)cc4-c4cccc(Oc5ccc(C#N)c(C#N)c5)c4)Oc4ccc(-c5cccc(Oc6ccc(C#N)c(C#N)c6)c5)cc4-c4cccc(Oc5ccc(C#N)c(C#N)c5)c4)c(-c4cccc(Oc5ccc(C#N)c(C#N)c5)c4)c3)c2)cc1C#N. The van der Waals surface area contributed by atoms with Crippen LogP contribution in [-0.4, -0.2) is 0 Å². The van der Waals surface area contributed by atoms with Crippen LogP contribution in [0.5, 0.6) is 86.2 Å². The molecule has 0 atom stereocenters. The third kappa shape index (κ3) is 18.4. The third-order valence-corrected chi connectivity index (χ3v) is 20.6. The maximum atomic E-state index is 17.7. The molecule has 15 aromatic rings. The summed E-state index contributed by atoms with van der Waals surface area (Å²) >= 11 is 0. The Kier molecular flexibility index (Phi) is 23.5. The number of hydrogen-bond donors (Lipinski definition) is 0. The first kappa shape index (κ1) is 80.8. The van der Waals surface area contributed by atoms with Crippen LogP contribution in [-0.2, 0) is 4.57 Å². The standard InChI is InChI=1S/C102H51N12O10P/c103-52-73-19-28-91(43-79(73)58-109)116-85-13-1-7-64(37-85)67-25-34-100(97(49-67)70-10-4-16-88(40-70)119-94-31-22-76(55-106)82(46-94)61-112)122-125(115,123-101-35-26-68(65-8-2-14-86(38-65)117-92-29-20-74(53-104)80(44-92)59-110)50-98(101)71-11-5-17-89(41-71)120-95-32-23-77(56-107)83(47-95)62-113)124-102-36-27-69(66-9-3-15-87(39-66)118-93-30-21-75(54-105)81(45-93)60-111)51-99(102)72-12-6-18-90(42-72)121-96-33-24-78(57-108)84(48-96)63-114/h1-51H. The Balaban J connectivity index is 0.923. The van der Waals surface area contributed by atoms with Gasteiger partial charge in [0.25, 0.3) is 0 Å². The number of nitriles is 12. The van der Waals surface area contributed by atoms with Crippen molar-refractivity contribution in [2.75, 3.05) is 0 Å². The van der Waals surface area contributed by atoms with Gasteiger partial charge in [-0.05, 0) is 268 Å². The van der Waals surface area contributed by atoms with Gasteiger partial charge in [-0.15, -0.1) is 0 Å². The Morgan fingerprint density at radius 2 is 0.336 bits per heavy atom. The summed E-state index contributed by atoms with van der Waals surface area (Å²) in [6.45, 7) is 0. The van der Waals surface area contributed by atoms with Crippen LogP contribution >= 0.6 is 7.82 Å². The fourth-order valence-corrected chi connectivity index (χ4v) is 14.7. The molecule has 0 amide bonds. The molecule has 15 aromatic carbocycles. The van der Waals surface area contributed by atoms with E-state index in [1.54, 1.807) is 218 Å². The molecule has 0 aliphatic heterocycles. The first-order valence-corrected chi connectivity index (χ1v) is 39.0. The highest BCUT2D eigenvalue weighted by Crippen LogP contribution is 2.56. The highest BCUT2D eigenvalue weighted by Gasteiger charge is 2.37. The van der Waals surface area contributed by atoms with Crippen LogP contribution in [0.15, 0.2) is 309 Å². The Labute approximate surface area is 715 Å². The van der Waals surface area contributed by atoms with E-state index in [-0.39, 0.29) is 152 Å². The predicted molar refractivity (Wildman–Crippen MR) is 457 cm³/mol. The molecule has 15 rings (SSSR count). The first-order chi connectivity index (χ1) is 61.1. The monoisotopic (exact) mass is 1630 g/mol. The van der Waals surface area contributed by atoms with Crippen molar-refractivity contribution in [2.24, 2.45) is 0 Å². The van der Waals surface area contributed by atoms with Crippen LogP contribution in [0.3, 0.4) is 0 Å². The zero-order valence-electron chi connectivity index (χ0n) is 64.8. The first-order valence-electron chi connectivity index (χ1n) is 37.5. The van der Waals surface area contributed by atoms with Gasteiger partial charge in [0.2, 0.25) is 0 Å². The van der Waals surface area contributed by atoms with Crippen molar-refractivity contribution < 1.29 is 46.6 Å². The van der Waals surface area contributed by atoms with Gasteiger partial charge in [0.1, 0.15) is 159 Å². The Morgan fingerprint density at radius 1 is 0.168 bits per heavy atom. The summed E-state index contributed by atoms with van der Waals surface area (Å²) < 4.78 is 77.3. The van der Waals surface area contributed by atoms with Crippen molar-refractivity contribution in [1.82, 2.24) is 0 Å². The summed E-state index contributed by atoms with van der Waals surface area (Å²) in [4.78, 5) is 0. The lowest BCUT2D eigenvalue weighted by Crippen LogP contribution is -2.09. The van der Waals surface area contributed by atoms with E-state index in [1.807, 2.05) is 91.0 Å². The van der Waals surface area contributed by atoms with E-state index >= 15 is 4.57 Å². The second-order valence-electron chi connectivity index (χ2n) is 27.2. The molecular weight excluding hydrogens is 1580 g/mol. The molecule has 22 nitrogen and oxygen atoms in total. The number of phosphoric ester groups is 1. The van der Waals surface area contributed by atoms with Gasteiger partial charge in [-0.1, -0.05) is 91.0 Å². The van der Waals surface area contributed by atoms with Crippen LogP contribution < -0.4 is 42.0 Å². The average Bonchev–Trinajstić information content (AvgIpc) is 0.769. The molecule has 584 valence electrons. The highest BCUT2D eigenvalue weighted by atomic mass is 31.2. The summed E-state index contributed by atoms with van der Waals surface area (Å²) in [5, 5.41) is 119. The van der Waals surface area contributed by atoms with Gasteiger partial charge in [-0.2, -0.15) is 67.7 Å². The lowest BCUT2D eigenvalue weighted by Gasteiger charge is -2.24. The number of hydrogen-bond acceptors (Lipinski definition) is 22. The van der Waals surface area contributed by atoms with Crippen LogP contribution in [0.2, 0.25) is 0 Å². The molecule has 125 heavy (non-hydrogen) atoms. The quantitative estimate of drug-likeness (QED) is 0.0507. The van der Waals surface area contributed by atoms with E-state index in [0.29, 0.717) is 67.3 Å². The average molecular weight is 1640 g/mol. The minimum atomic E-state index is -5.47. The largest absolute Gasteiger partial charge is 0.647 e. The van der Waals surface area contributed by atoms with Gasteiger partial charge in [0.15, 0.2) is 0 Å². The van der Waals surface area contributed by atoms with Gasteiger partial charge in [-0.25, -0.2) is 0 Å². The maximum Gasteiger partial charge on any atom is 0.647 e. The third-order valence-electron chi connectivity index (χ3n) is 19.3. The Hall–Kier alpha value is -19.4. The highest BCUT2D eigenvalue weighted by molar-refractivity contribution is 7.49. The number of phosphoric acid groups is 1. The van der Waals surface area contributed by atoms with Crippen LogP contribution in [0.1, 0.15) is 66.8 Å². The van der Waals surface area contributed by atoms with E-state index < -0.39 is 7.82 Å². The Morgan fingerprint density at radius 3 is 0.528 bits per heavy atom. The summed E-state index contributed by atoms with van der Waals surface area (Å²) in [6, 6.07) is 108. The summed E-state index contributed by atoms with van der Waals surface area (Å²) in [7, 11) is -5.47. The summed E-state index contributed by atoms with van der Waals surface area (Å²) in [5.41, 5.74) is 6.83. The number of rotatable bonds is 24. The molecule has 0 heterocycles. The number of nitrogens with zero attached hydrogens (tertiary/aromatic N) is 12. The van der Waals surface area contributed by atoms with Crippen molar-refractivity contribution in [1.29, 1.82) is 63.1 Å². The number of benzene rings is 15. The fourth-order valence-electron chi connectivity index (χ4n) is 13.3. The van der Waals surface area contributed by atoms with E-state index in [2.05, 4.69) is 0 Å². The van der Waals surface area contributed by atoms with Crippen LogP contribution in [0.4, 0.5) is 0 Å². The van der Waals surface area contributed by atoms with Crippen molar-refractivity contribution in [3.05, 3.63) is 376 Å². The Bertz CT molecular complexity index is 6850. The molecule has 0 N–H and O–H groups in total. The second-order valence-corrected chi connectivity index (χ2v) is 28.7. The molecule has 0 aliphatic carbocycles. The van der Waals surface area contributed by atoms with E-state index in [1.165, 1.54) is 72.8 Å². The van der Waals surface area contributed by atoms with Gasteiger partial charge in [0.05, 0.1) is 66.8 Å². The zero-order chi connectivity index (χ0) is 86.9. The minimum absolute atomic E-state index is 0.0679. The lowest BCUT2D eigenvalue weighted by atomic mass is 9.98. The zero-order valence-corrected chi connectivity index (χ0v) is 65.7. The molecule has 0 aromatic heterocycles. The normalized spacial score (nSPS) is 10.3. The topological polar surface area (TPSA) is 386 Å². The molecule has 0 radical (unpaired) electrons. The van der Waals surface area contributed by atoms with Gasteiger partial charge in [0, 0.05) is 16.7 Å². The summed E-state index contributed by atoms with van der Waals surface area (Å²) in [5.74, 6) is 2.97. The molecule has 0 fully saturated rings. The molecule has 0 saturated heterocycles. The van der Waals surface area contributed by atoms with Gasteiger partial charge >= 0.3 is 7.82 Å².